The molecule has 0 spiro atoms. The Balaban J connectivity index is 1.56. The minimum Gasteiger partial charge on any atom is -0.494 e. The summed E-state index contributed by atoms with van der Waals surface area (Å²) in [7, 11) is 0. The summed E-state index contributed by atoms with van der Waals surface area (Å²) in [5.74, 6) is 1.77. The standard InChI is InChI=1S/C27H28N4O2S/c1-4-33-23-14-12-22(13-15-23)31-25(17-21-8-6-5-7-9-21)29-30-27(31)34-18-26(32)28-24-16-19(2)10-11-20(24)3/h5-16H,4,17-18H2,1-3H3,(H,28,32). The lowest BCUT2D eigenvalue weighted by Crippen LogP contribution is -2.15. The molecule has 0 atom stereocenters. The van der Waals surface area contributed by atoms with E-state index in [0.717, 1.165) is 39.6 Å². The summed E-state index contributed by atoms with van der Waals surface area (Å²) in [5.41, 5.74) is 5.05. The van der Waals surface area contributed by atoms with Crippen molar-refractivity contribution in [2.24, 2.45) is 0 Å². The molecule has 1 N–H and O–H groups in total. The number of nitrogens with one attached hydrogen (secondary N) is 1. The maximum absolute atomic E-state index is 12.7. The molecule has 0 unspecified atom stereocenters. The maximum Gasteiger partial charge on any atom is 0.234 e. The summed E-state index contributed by atoms with van der Waals surface area (Å²) in [6, 6.07) is 24.0. The van der Waals surface area contributed by atoms with Crippen LogP contribution in [0.5, 0.6) is 5.75 Å². The molecule has 1 heterocycles. The quantitative estimate of drug-likeness (QED) is 0.321. The summed E-state index contributed by atoms with van der Waals surface area (Å²) in [6.45, 7) is 6.57. The number of thioether (sulfide) groups is 1. The van der Waals surface area contributed by atoms with Crippen molar-refractivity contribution in [3.63, 3.8) is 0 Å². The molecule has 174 valence electrons. The van der Waals surface area contributed by atoms with Crippen molar-refractivity contribution in [2.75, 3.05) is 17.7 Å². The van der Waals surface area contributed by atoms with Gasteiger partial charge in [0.15, 0.2) is 5.16 Å². The third-order valence-corrected chi connectivity index (χ3v) is 6.24. The van der Waals surface area contributed by atoms with Gasteiger partial charge < -0.3 is 10.1 Å². The topological polar surface area (TPSA) is 69.0 Å². The second-order valence-corrected chi connectivity index (χ2v) is 8.92. The second kappa shape index (κ2) is 11.0. The molecule has 4 aromatic rings. The first-order valence-corrected chi connectivity index (χ1v) is 12.2. The number of anilines is 1. The Kier molecular flexibility index (Phi) is 7.65. The molecule has 0 bridgehead atoms. The largest absolute Gasteiger partial charge is 0.494 e. The number of rotatable bonds is 9. The van der Waals surface area contributed by atoms with Gasteiger partial charge in [-0.25, -0.2) is 0 Å². The fourth-order valence-corrected chi connectivity index (χ4v) is 4.36. The first-order chi connectivity index (χ1) is 16.5. The summed E-state index contributed by atoms with van der Waals surface area (Å²) < 4.78 is 7.60. The number of amides is 1. The number of hydrogen-bond donors (Lipinski definition) is 1. The van der Waals surface area contributed by atoms with Crippen molar-refractivity contribution in [1.82, 2.24) is 14.8 Å². The Morgan fingerprint density at radius 3 is 2.50 bits per heavy atom. The van der Waals surface area contributed by atoms with Crippen LogP contribution in [0.15, 0.2) is 78.0 Å². The van der Waals surface area contributed by atoms with Crippen LogP contribution < -0.4 is 10.1 Å². The number of carbonyl (C=O) groups excluding carboxylic acids is 1. The molecule has 4 rings (SSSR count). The van der Waals surface area contributed by atoms with Gasteiger partial charge in [-0.1, -0.05) is 54.2 Å². The Morgan fingerprint density at radius 2 is 1.76 bits per heavy atom. The molecular weight excluding hydrogens is 444 g/mol. The molecule has 0 aliphatic heterocycles. The van der Waals surface area contributed by atoms with Crippen LogP contribution in [-0.4, -0.2) is 33.0 Å². The fraction of sp³-hybridized carbons (Fsp3) is 0.222. The Morgan fingerprint density at radius 1 is 1.00 bits per heavy atom. The molecule has 0 saturated carbocycles. The number of carbonyl (C=O) groups is 1. The lowest BCUT2D eigenvalue weighted by molar-refractivity contribution is -0.113. The van der Waals surface area contributed by atoms with E-state index >= 15 is 0 Å². The third kappa shape index (κ3) is 5.85. The van der Waals surface area contributed by atoms with Crippen molar-refractivity contribution in [2.45, 2.75) is 32.3 Å². The zero-order valence-corrected chi connectivity index (χ0v) is 20.4. The molecule has 1 amide bonds. The highest BCUT2D eigenvalue weighted by molar-refractivity contribution is 7.99. The summed E-state index contributed by atoms with van der Waals surface area (Å²) in [5, 5.41) is 12.6. The molecule has 0 aliphatic carbocycles. The molecule has 1 aromatic heterocycles. The van der Waals surface area contributed by atoms with Gasteiger partial charge in [0.05, 0.1) is 12.4 Å². The van der Waals surface area contributed by atoms with Crippen molar-refractivity contribution in [1.29, 1.82) is 0 Å². The Bertz CT molecular complexity index is 1250. The third-order valence-electron chi connectivity index (χ3n) is 5.31. The SMILES string of the molecule is CCOc1ccc(-n2c(Cc3ccccc3)nnc2SCC(=O)Nc2cc(C)ccc2C)cc1. The van der Waals surface area contributed by atoms with E-state index in [9.17, 15) is 4.79 Å². The molecular formula is C27H28N4O2S. The predicted molar refractivity (Wildman–Crippen MR) is 137 cm³/mol. The Hall–Kier alpha value is -3.58. The fourth-order valence-electron chi connectivity index (χ4n) is 3.59. The van der Waals surface area contributed by atoms with Gasteiger partial charge in [-0.2, -0.15) is 0 Å². The molecule has 6 nitrogen and oxygen atoms in total. The summed E-state index contributed by atoms with van der Waals surface area (Å²) in [4.78, 5) is 12.7. The van der Waals surface area contributed by atoms with E-state index in [4.69, 9.17) is 4.74 Å². The van der Waals surface area contributed by atoms with Crippen LogP contribution in [0.2, 0.25) is 0 Å². The van der Waals surface area contributed by atoms with Crippen LogP contribution in [0.1, 0.15) is 29.4 Å². The average Bonchev–Trinajstić information content (AvgIpc) is 3.24. The Labute approximate surface area is 204 Å². The number of ether oxygens (including phenoxy) is 1. The molecule has 0 aliphatic rings. The molecule has 34 heavy (non-hydrogen) atoms. The van der Waals surface area contributed by atoms with E-state index in [-0.39, 0.29) is 11.7 Å². The van der Waals surface area contributed by atoms with Crippen molar-refractivity contribution in [3.05, 3.63) is 95.3 Å². The second-order valence-electron chi connectivity index (χ2n) is 7.98. The van der Waals surface area contributed by atoms with Crippen LogP contribution in [0.4, 0.5) is 5.69 Å². The van der Waals surface area contributed by atoms with Gasteiger partial charge in [-0.3, -0.25) is 9.36 Å². The lowest BCUT2D eigenvalue weighted by Gasteiger charge is -2.12. The molecule has 0 fully saturated rings. The maximum atomic E-state index is 12.7. The van der Waals surface area contributed by atoms with E-state index in [0.29, 0.717) is 18.2 Å². The predicted octanol–water partition coefficient (Wildman–Crippen LogP) is 5.60. The van der Waals surface area contributed by atoms with Gasteiger partial charge >= 0.3 is 0 Å². The number of aryl methyl sites for hydroxylation is 2. The smallest absolute Gasteiger partial charge is 0.234 e. The number of aromatic nitrogens is 3. The minimum absolute atomic E-state index is 0.0791. The van der Waals surface area contributed by atoms with Crippen LogP contribution in [-0.2, 0) is 11.2 Å². The number of benzene rings is 3. The molecule has 0 saturated heterocycles. The van der Waals surface area contributed by atoms with Crippen molar-refractivity contribution < 1.29 is 9.53 Å². The van der Waals surface area contributed by atoms with Crippen LogP contribution >= 0.6 is 11.8 Å². The van der Waals surface area contributed by atoms with E-state index in [2.05, 4.69) is 27.6 Å². The zero-order valence-electron chi connectivity index (χ0n) is 19.6. The summed E-state index contributed by atoms with van der Waals surface area (Å²) in [6.07, 6.45) is 0.635. The average molecular weight is 473 g/mol. The molecule has 0 radical (unpaired) electrons. The lowest BCUT2D eigenvalue weighted by atomic mass is 10.1. The first kappa shape index (κ1) is 23.6. The number of nitrogens with zero attached hydrogens (tertiary/aromatic N) is 3. The van der Waals surface area contributed by atoms with Gasteiger partial charge in [0, 0.05) is 17.8 Å². The van der Waals surface area contributed by atoms with Crippen molar-refractivity contribution >= 4 is 23.4 Å². The highest BCUT2D eigenvalue weighted by Crippen LogP contribution is 2.26. The van der Waals surface area contributed by atoms with E-state index < -0.39 is 0 Å². The van der Waals surface area contributed by atoms with Crippen molar-refractivity contribution in [3.8, 4) is 11.4 Å². The monoisotopic (exact) mass is 472 g/mol. The number of hydrogen-bond acceptors (Lipinski definition) is 5. The van der Waals surface area contributed by atoms with Gasteiger partial charge in [-0.15, -0.1) is 10.2 Å². The van der Waals surface area contributed by atoms with Crippen LogP contribution in [0, 0.1) is 13.8 Å². The van der Waals surface area contributed by atoms with Crippen LogP contribution in [0.25, 0.3) is 5.69 Å². The van der Waals surface area contributed by atoms with Gasteiger partial charge in [-0.05, 0) is 67.8 Å². The highest BCUT2D eigenvalue weighted by atomic mass is 32.2. The van der Waals surface area contributed by atoms with Gasteiger partial charge in [0.1, 0.15) is 11.6 Å². The van der Waals surface area contributed by atoms with E-state index in [1.54, 1.807) is 0 Å². The first-order valence-electron chi connectivity index (χ1n) is 11.2. The molecule has 7 heteroatoms. The summed E-state index contributed by atoms with van der Waals surface area (Å²) >= 11 is 1.37. The van der Waals surface area contributed by atoms with E-state index in [1.165, 1.54) is 11.8 Å². The van der Waals surface area contributed by atoms with Gasteiger partial charge in [0.2, 0.25) is 5.91 Å². The highest BCUT2D eigenvalue weighted by Gasteiger charge is 2.17. The zero-order chi connectivity index (χ0) is 23.9. The minimum atomic E-state index is -0.0791. The van der Waals surface area contributed by atoms with E-state index in [1.807, 2.05) is 86.0 Å². The van der Waals surface area contributed by atoms with Gasteiger partial charge in [0.25, 0.3) is 0 Å². The van der Waals surface area contributed by atoms with Crippen LogP contribution in [0.3, 0.4) is 0 Å². The normalized spacial score (nSPS) is 10.8. The molecule has 3 aromatic carbocycles.